The van der Waals surface area contributed by atoms with Gasteiger partial charge in [-0.15, -0.1) is 0 Å². The van der Waals surface area contributed by atoms with Gasteiger partial charge in [0.05, 0.1) is 7.11 Å². The summed E-state index contributed by atoms with van der Waals surface area (Å²) in [5.41, 5.74) is -0.438. The van der Waals surface area contributed by atoms with E-state index in [1.165, 1.54) is 25.7 Å². The molecule has 1 fully saturated rings. The van der Waals surface area contributed by atoms with Crippen LogP contribution in [0.5, 0.6) is 0 Å². The molecule has 0 radical (unpaired) electrons. The van der Waals surface area contributed by atoms with Crippen molar-refractivity contribution in [1.82, 2.24) is 5.32 Å². The van der Waals surface area contributed by atoms with Gasteiger partial charge in [-0.2, -0.15) is 11.8 Å². The lowest BCUT2D eigenvalue weighted by atomic mass is 9.97. The first-order valence-electron chi connectivity index (χ1n) is 7.01. The van der Waals surface area contributed by atoms with Gasteiger partial charge in [0.2, 0.25) is 0 Å². The maximum atomic E-state index is 12.1. The standard InChI is InChI=1S/C14H27NO2S/c1-5-6-9-18-12-7-8-14(10-12,13(16)17-4)15-11(2)3/h11-12,15H,5-10H2,1-4H3. The topological polar surface area (TPSA) is 38.3 Å². The molecule has 0 amide bonds. The van der Waals surface area contributed by atoms with E-state index in [0.29, 0.717) is 11.3 Å². The summed E-state index contributed by atoms with van der Waals surface area (Å²) in [6, 6.07) is 0.309. The normalized spacial score (nSPS) is 27.7. The summed E-state index contributed by atoms with van der Waals surface area (Å²) in [5, 5.41) is 4.04. The predicted octanol–water partition coefficient (Wildman–Crippen LogP) is 2.98. The van der Waals surface area contributed by atoms with E-state index in [0.717, 1.165) is 19.3 Å². The van der Waals surface area contributed by atoms with Crippen molar-refractivity contribution >= 4 is 17.7 Å². The van der Waals surface area contributed by atoms with Gasteiger partial charge in [0.1, 0.15) is 5.54 Å². The summed E-state index contributed by atoms with van der Waals surface area (Å²) in [5.74, 6) is 1.12. The van der Waals surface area contributed by atoms with Gasteiger partial charge in [0.25, 0.3) is 0 Å². The van der Waals surface area contributed by atoms with E-state index in [2.05, 4.69) is 26.1 Å². The Labute approximate surface area is 115 Å². The van der Waals surface area contributed by atoms with Gasteiger partial charge in [-0.25, -0.2) is 0 Å². The first-order valence-corrected chi connectivity index (χ1v) is 8.06. The minimum absolute atomic E-state index is 0.0882. The van der Waals surface area contributed by atoms with Crippen LogP contribution in [-0.2, 0) is 9.53 Å². The second-order valence-electron chi connectivity index (χ2n) is 5.46. The molecule has 0 saturated heterocycles. The smallest absolute Gasteiger partial charge is 0.326 e. The maximum Gasteiger partial charge on any atom is 0.326 e. The van der Waals surface area contributed by atoms with Crippen molar-refractivity contribution in [2.45, 2.75) is 69.7 Å². The monoisotopic (exact) mass is 273 g/mol. The van der Waals surface area contributed by atoms with Gasteiger partial charge in [0, 0.05) is 11.3 Å². The van der Waals surface area contributed by atoms with Crippen LogP contribution < -0.4 is 5.32 Å². The number of hydrogen-bond acceptors (Lipinski definition) is 4. The van der Waals surface area contributed by atoms with Gasteiger partial charge >= 0.3 is 5.97 Å². The SMILES string of the molecule is CCCCSC1CCC(NC(C)C)(C(=O)OC)C1. The molecule has 0 aliphatic heterocycles. The Morgan fingerprint density at radius 2 is 2.28 bits per heavy atom. The summed E-state index contributed by atoms with van der Waals surface area (Å²) in [6.07, 6.45) is 5.44. The van der Waals surface area contributed by atoms with E-state index in [4.69, 9.17) is 4.74 Å². The molecule has 2 unspecified atom stereocenters. The lowest BCUT2D eigenvalue weighted by molar-refractivity contribution is -0.148. The molecular weight excluding hydrogens is 246 g/mol. The number of nitrogens with one attached hydrogen (secondary N) is 1. The number of ether oxygens (including phenoxy) is 1. The Bertz CT molecular complexity index is 271. The Morgan fingerprint density at radius 3 is 2.83 bits per heavy atom. The van der Waals surface area contributed by atoms with Crippen molar-refractivity contribution in [3.63, 3.8) is 0 Å². The number of carbonyl (C=O) groups is 1. The van der Waals surface area contributed by atoms with Gasteiger partial charge in [0.15, 0.2) is 0 Å². The van der Waals surface area contributed by atoms with Gasteiger partial charge in [-0.1, -0.05) is 13.3 Å². The van der Waals surface area contributed by atoms with Crippen LogP contribution in [0, 0.1) is 0 Å². The highest BCUT2D eigenvalue weighted by Crippen LogP contribution is 2.38. The average molecular weight is 273 g/mol. The highest BCUT2D eigenvalue weighted by Gasteiger charge is 2.46. The lowest BCUT2D eigenvalue weighted by Gasteiger charge is -2.30. The second kappa shape index (κ2) is 7.39. The largest absolute Gasteiger partial charge is 0.468 e. The fourth-order valence-corrected chi connectivity index (χ4v) is 4.14. The molecule has 18 heavy (non-hydrogen) atoms. The molecule has 1 aliphatic rings. The quantitative estimate of drug-likeness (QED) is 0.572. The zero-order chi connectivity index (χ0) is 13.6. The van der Waals surface area contributed by atoms with E-state index in [-0.39, 0.29) is 5.97 Å². The molecule has 0 aromatic rings. The van der Waals surface area contributed by atoms with Gasteiger partial charge in [-0.05, 0) is 45.3 Å². The minimum Gasteiger partial charge on any atom is -0.468 e. The number of hydrogen-bond donors (Lipinski definition) is 1. The van der Waals surface area contributed by atoms with Crippen LogP contribution >= 0.6 is 11.8 Å². The van der Waals surface area contributed by atoms with Crippen molar-refractivity contribution < 1.29 is 9.53 Å². The molecule has 1 N–H and O–H groups in total. The molecule has 4 heteroatoms. The first-order chi connectivity index (χ1) is 8.54. The van der Waals surface area contributed by atoms with E-state index >= 15 is 0 Å². The van der Waals surface area contributed by atoms with Crippen LogP contribution in [-0.4, -0.2) is 35.7 Å². The van der Waals surface area contributed by atoms with Crippen molar-refractivity contribution in [3.8, 4) is 0 Å². The minimum atomic E-state index is -0.438. The van der Waals surface area contributed by atoms with Crippen molar-refractivity contribution in [1.29, 1.82) is 0 Å². The number of carbonyl (C=O) groups excluding carboxylic acids is 1. The van der Waals surface area contributed by atoms with Crippen LogP contribution in [0.1, 0.15) is 52.9 Å². The number of rotatable bonds is 7. The zero-order valence-corrected chi connectivity index (χ0v) is 12.9. The summed E-state index contributed by atoms with van der Waals surface area (Å²) < 4.78 is 5.00. The fourth-order valence-electron chi connectivity index (χ4n) is 2.66. The molecule has 3 nitrogen and oxygen atoms in total. The Hall–Kier alpha value is -0.220. The second-order valence-corrected chi connectivity index (χ2v) is 6.87. The molecule has 2 atom stereocenters. The average Bonchev–Trinajstić information content (AvgIpc) is 2.72. The van der Waals surface area contributed by atoms with Crippen LogP contribution in [0.4, 0.5) is 0 Å². The van der Waals surface area contributed by atoms with Crippen LogP contribution in [0.25, 0.3) is 0 Å². The predicted molar refractivity (Wildman–Crippen MR) is 78.0 cm³/mol. The number of thioether (sulfide) groups is 1. The zero-order valence-electron chi connectivity index (χ0n) is 12.1. The van der Waals surface area contributed by atoms with Gasteiger partial charge in [-0.3, -0.25) is 10.1 Å². The Kier molecular flexibility index (Phi) is 6.50. The Morgan fingerprint density at radius 1 is 1.56 bits per heavy atom. The van der Waals surface area contributed by atoms with Crippen LogP contribution in [0.15, 0.2) is 0 Å². The summed E-state index contributed by atoms with van der Waals surface area (Å²) in [6.45, 7) is 6.39. The van der Waals surface area contributed by atoms with Gasteiger partial charge < -0.3 is 4.74 Å². The van der Waals surface area contributed by atoms with Crippen LogP contribution in [0.3, 0.4) is 0 Å². The van der Waals surface area contributed by atoms with E-state index in [9.17, 15) is 4.79 Å². The van der Waals surface area contributed by atoms with E-state index in [1.807, 2.05) is 11.8 Å². The number of methoxy groups -OCH3 is 1. The van der Waals surface area contributed by atoms with Crippen LogP contribution in [0.2, 0.25) is 0 Å². The summed E-state index contributed by atoms with van der Waals surface area (Å²) >= 11 is 2.02. The molecule has 106 valence electrons. The third-order valence-electron chi connectivity index (χ3n) is 3.46. The molecule has 1 rings (SSSR count). The lowest BCUT2D eigenvalue weighted by Crippen LogP contribution is -2.53. The van der Waals surface area contributed by atoms with E-state index < -0.39 is 5.54 Å². The van der Waals surface area contributed by atoms with Crippen molar-refractivity contribution in [2.75, 3.05) is 12.9 Å². The van der Waals surface area contributed by atoms with Crippen molar-refractivity contribution in [3.05, 3.63) is 0 Å². The third-order valence-corrected chi connectivity index (χ3v) is 4.86. The molecule has 1 aliphatic carbocycles. The Balaban J connectivity index is 2.57. The molecule has 0 heterocycles. The number of esters is 1. The maximum absolute atomic E-state index is 12.1. The summed E-state index contributed by atoms with van der Waals surface area (Å²) in [7, 11) is 1.49. The molecular formula is C14H27NO2S. The highest BCUT2D eigenvalue weighted by atomic mass is 32.2. The molecule has 0 aromatic heterocycles. The number of unbranched alkanes of at least 4 members (excludes halogenated alkanes) is 1. The fraction of sp³-hybridized carbons (Fsp3) is 0.929. The molecule has 0 aromatic carbocycles. The molecule has 1 saturated carbocycles. The van der Waals surface area contributed by atoms with E-state index in [1.54, 1.807) is 0 Å². The third kappa shape index (κ3) is 4.16. The first kappa shape index (κ1) is 15.8. The van der Waals surface area contributed by atoms with Crippen molar-refractivity contribution in [2.24, 2.45) is 0 Å². The molecule has 0 bridgehead atoms. The summed E-state index contributed by atoms with van der Waals surface area (Å²) in [4.78, 5) is 12.1. The molecule has 0 spiro atoms. The highest BCUT2D eigenvalue weighted by molar-refractivity contribution is 7.99.